The number of nitrogens with one attached hydrogen (secondary N) is 1. The molecule has 0 aliphatic carbocycles. The monoisotopic (exact) mass is 328 g/mol. The highest BCUT2D eigenvalue weighted by molar-refractivity contribution is 7.89. The predicted octanol–water partition coefficient (Wildman–Crippen LogP) is 2.39. The highest BCUT2D eigenvalue weighted by Crippen LogP contribution is 2.29. The minimum Gasteiger partial charge on any atom is -0.368 e. The minimum atomic E-state index is -3.50. The molecule has 2 aromatic rings. The molecule has 21 heavy (non-hydrogen) atoms. The van der Waals surface area contributed by atoms with E-state index in [0.717, 1.165) is 25.7 Å². The molecule has 116 valence electrons. The summed E-state index contributed by atoms with van der Waals surface area (Å²) in [6, 6.07) is 0. The highest BCUT2D eigenvalue weighted by atomic mass is 32.2. The van der Waals surface area contributed by atoms with Gasteiger partial charge in [0.1, 0.15) is 0 Å². The average Bonchev–Trinajstić information content (AvgIpc) is 3.06. The summed E-state index contributed by atoms with van der Waals surface area (Å²) in [5, 5.41) is 5.30. The molecule has 6 nitrogen and oxygen atoms in total. The smallest absolute Gasteiger partial charge is 0.262 e. The molecule has 1 N–H and O–H groups in total. The van der Waals surface area contributed by atoms with Crippen molar-refractivity contribution in [3.05, 3.63) is 11.6 Å². The van der Waals surface area contributed by atoms with Crippen molar-refractivity contribution in [3.63, 3.8) is 0 Å². The molecule has 8 heteroatoms. The number of anilines is 1. The molecule has 3 heterocycles. The third kappa shape index (κ3) is 2.67. The van der Waals surface area contributed by atoms with Gasteiger partial charge in [-0.05, 0) is 19.3 Å². The lowest BCUT2D eigenvalue weighted by Gasteiger charge is -2.25. The molecule has 0 bridgehead atoms. The number of nitrogens with zero attached hydrogens (tertiary/aromatic N) is 3. The molecule has 0 unspecified atom stereocenters. The Balaban J connectivity index is 2.05. The molecule has 1 fully saturated rings. The first-order chi connectivity index (χ1) is 10.1. The highest BCUT2D eigenvalue weighted by Gasteiger charge is 2.32. The van der Waals surface area contributed by atoms with E-state index in [-0.39, 0.29) is 5.03 Å². The molecule has 0 amide bonds. The first kappa shape index (κ1) is 14.8. The van der Waals surface area contributed by atoms with Crippen LogP contribution in [0.15, 0.2) is 16.6 Å². The van der Waals surface area contributed by atoms with E-state index in [2.05, 4.69) is 10.3 Å². The van der Waals surface area contributed by atoms with Crippen LogP contribution in [0.1, 0.15) is 32.6 Å². The van der Waals surface area contributed by atoms with Crippen molar-refractivity contribution in [2.45, 2.75) is 37.6 Å². The lowest BCUT2D eigenvalue weighted by Crippen LogP contribution is -2.36. The molecule has 0 radical (unpaired) electrons. The number of aromatic nitrogens is 2. The van der Waals surface area contributed by atoms with E-state index in [1.165, 1.54) is 11.3 Å². The standard InChI is InChI=1S/C13H20N4O2S2/c1-2-6-14-11-12(17-9-10-20-13(17)15-11)21(18,19)16-7-4-3-5-8-16/h9-10,14H,2-8H2,1H3. The van der Waals surface area contributed by atoms with Crippen LogP contribution in [0.2, 0.25) is 0 Å². The van der Waals surface area contributed by atoms with E-state index in [1.807, 2.05) is 12.3 Å². The Hall–Kier alpha value is -1.12. The summed E-state index contributed by atoms with van der Waals surface area (Å²) < 4.78 is 29.2. The van der Waals surface area contributed by atoms with E-state index in [1.54, 1.807) is 14.9 Å². The van der Waals surface area contributed by atoms with Gasteiger partial charge >= 0.3 is 0 Å². The van der Waals surface area contributed by atoms with Crippen LogP contribution in [0.5, 0.6) is 0 Å². The lowest BCUT2D eigenvalue weighted by molar-refractivity contribution is 0.345. The van der Waals surface area contributed by atoms with Crippen LogP contribution in [-0.4, -0.2) is 41.7 Å². The summed E-state index contributed by atoms with van der Waals surface area (Å²) in [4.78, 5) is 5.15. The third-order valence-corrected chi connectivity index (χ3v) is 6.34. The van der Waals surface area contributed by atoms with Gasteiger partial charge in [0.2, 0.25) is 0 Å². The predicted molar refractivity (Wildman–Crippen MR) is 84.5 cm³/mol. The van der Waals surface area contributed by atoms with Gasteiger partial charge in [0.05, 0.1) is 0 Å². The zero-order valence-electron chi connectivity index (χ0n) is 12.1. The van der Waals surface area contributed by atoms with Gasteiger partial charge in [-0.2, -0.15) is 4.31 Å². The van der Waals surface area contributed by atoms with Gasteiger partial charge in [-0.3, -0.25) is 4.40 Å². The van der Waals surface area contributed by atoms with Gasteiger partial charge in [-0.25, -0.2) is 13.4 Å². The average molecular weight is 328 g/mol. The van der Waals surface area contributed by atoms with Crippen molar-refractivity contribution in [2.24, 2.45) is 0 Å². The van der Waals surface area contributed by atoms with Crippen LogP contribution in [0.25, 0.3) is 4.96 Å². The lowest BCUT2D eigenvalue weighted by atomic mass is 10.2. The van der Waals surface area contributed by atoms with Crippen molar-refractivity contribution in [3.8, 4) is 0 Å². The van der Waals surface area contributed by atoms with E-state index in [9.17, 15) is 8.42 Å². The normalized spacial score (nSPS) is 17.4. The zero-order chi connectivity index (χ0) is 14.9. The summed E-state index contributed by atoms with van der Waals surface area (Å²) in [6.45, 7) is 3.97. The molecule has 2 aromatic heterocycles. The first-order valence-corrected chi connectivity index (χ1v) is 9.66. The van der Waals surface area contributed by atoms with Gasteiger partial charge < -0.3 is 5.32 Å². The Labute approximate surface area is 128 Å². The summed E-state index contributed by atoms with van der Waals surface area (Å²) in [6.07, 6.45) is 5.67. The van der Waals surface area contributed by atoms with Crippen LogP contribution < -0.4 is 5.32 Å². The Kier molecular flexibility index (Phi) is 4.19. The second kappa shape index (κ2) is 5.94. The van der Waals surface area contributed by atoms with Gasteiger partial charge in [-0.1, -0.05) is 13.3 Å². The number of sulfonamides is 1. The van der Waals surface area contributed by atoms with E-state index < -0.39 is 10.0 Å². The molecule has 1 aliphatic rings. The molecule has 0 saturated carbocycles. The molecule has 0 spiro atoms. The van der Waals surface area contributed by atoms with Gasteiger partial charge in [0.15, 0.2) is 15.8 Å². The first-order valence-electron chi connectivity index (χ1n) is 7.34. The fourth-order valence-electron chi connectivity index (χ4n) is 2.60. The Bertz CT molecular complexity index is 714. The topological polar surface area (TPSA) is 66.7 Å². The van der Waals surface area contributed by atoms with Crippen LogP contribution in [0, 0.1) is 0 Å². The van der Waals surface area contributed by atoms with E-state index in [0.29, 0.717) is 30.4 Å². The van der Waals surface area contributed by atoms with E-state index >= 15 is 0 Å². The number of imidazole rings is 1. The quantitative estimate of drug-likeness (QED) is 0.915. The molecule has 1 saturated heterocycles. The molecule has 3 rings (SSSR count). The van der Waals surface area contributed by atoms with Gasteiger partial charge in [0.25, 0.3) is 10.0 Å². The minimum absolute atomic E-state index is 0.286. The molecule has 0 aromatic carbocycles. The summed E-state index contributed by atoms with van der Waals surface area (Å²) in [7, 11) is -3.50. The fraction of sp³-hybridized carbons (Fsp3) is 0.615. The van der Waals surface area contributed by atoms with Gasteiger partial charge in [0, 0.05) is 31.2 Å². The van der Waals surface area contributed by atoms with Crippen molar-refractivity contribution >= 4 is 32.1 Å². The number of thiazole rings is 1. The summed E-state index contributed by atoms with van der Waals surface area (Å²) in [5.41, 5.74) is 0. The Morgan fingerprint density at radius 2 is 2.10 bits per heavy atom. The van der Waals surface area contributed by atoms with Crippen LogP contribution in [0.3, 0.4) is 0 Å². The fourth-order valence-corrected chi connectivity index (χ4v) is 5.11. The van der Waals surface area contributed by atoms with E-state index in [4.69, 9.17) is 0 Å². The van der Waals surface area contributed by atoms with Crippen molar-refractivity contribution in [2.75, 3.05) is 25.0 Å². The van der Waals surface area contributed by atoms with Crippen LogP contribution in [-0.2, 0) is 10.0 Å². The second-order valence-electron chi connectivity index (χ2n) is 5.21. The summed E-state index contributed by atoms with van der Waals surface area (Å²) >= 11 is 1.45. The zero-order valence-corrected chi connectivity index (χ0v) is 13.7. The maximum Gasteiger partial charge on any atom is 0.262 e. The van der Waals surface area contributed by atoms with Crippen molar-refractivity contribution < 1.29 is 8.42 Å². The Morgan fingerprint density at radius 3 is 2.81 bits per heavy atom. The molecule has 1 aliphatic heterocycles. The number of rotatable bonds is 5. The maximum atomic E-state index is 13.0. The third-order valence-electron chi connectivity index (χ3n) is 3.66. The number of hydrogen-bond donors (Lipinski definition) is 1. The molecular formula is C13H20N4O2S2. The van der Waals surface area contributed by atoms with Crippen molar-refractivity contribution in [1.82, 2.24) is 13.7 Å². The summed E-state index contributed by atoms with van der Waals surface area (Å²) in [5.74, 6) is 0.481. The van der Waals surface area contributed by atoms with Crippen molar-refractivity contribution in [1.29, 1.82) is 0 Å². The van der Waals surface area contributed by atoms with Crippen LogP contribution in [0.4, 0.5) is 5.82 Å². The number of hydrogen-bond acceptors (Lipinski definition) is 5. The van der Waals surface area contributed by atoms with Crippen LogP contribution >= 0.6 is 11.3 Å². The molecular weight excluding hydrogens is 308 g/mol. The number of piperidine rings is 1. The molecule has 0 atom stereocenters. The number of fused-ring (bicyclic) bond motifs is 1. The second-order valence-corrected chi connectivity index (χ2v) is 7.94. The largest absolute Gasteiger partial charge is 0.368 e. The SMILES string of the molecule is CCCNc1nc2sccn2c1S(=O)(=O)N1CCCCC1. The maximum absolute atomic E-state index is 13.0. The Morgan fingerprint density at radius 1 is 1.33 bits per heavy atom. The van der Waals surface area contributed by atoms with Gasteiger partial charge in [-0.15, -0.1) is 11.3 Å².